The molecule has 2 aromatic carbocycles. The van der Waals surface area contributed by atoms with Crippen LogP contribution in [0, 0.1) is 0 Å². The van der Waals surface area contributed by atoms with E-state index in [9.17, 15) is 14.4 Å². The highest BCUT2D eigenvalue weighted by molar-refractivity contribution is 7.13. The van der Waals surface area contributed by atoms with E-state index in [0.29, 0.717) is 34.4 Å². The number of nitrogens with zero attached hydrogens (tertiary/aromatic N) is 2. The van der Waals surface area contributed by atoms with Crippen molar-refractivity contribution < 1.29 is 23.5 Å². The zero-order valence-electron chi connectivity index (χ0n) is 16.9. The lowest BCUT2D eigenvalue weighted by atomic mass is 9.94. The molecule has 3 heterocycles. The summed E-state index contributed by atoms with van der Waals surface area (Å²) in [7, 11) is 0. The SMILES string of the molecule is O=C(CCCN1C(=O)c2cccc3cccc(c23)C1=O)OCc1csc(-c2ccco2)n1. The van der Waals surface area contributed by atoms with Gasteiger partial charge in [0.2, 0.25) is 0 Å². The Morgan fingerprint density at radius 1 is 1.03 bits per heavy atom. The number of ether oxygens (including phenoxy) is 1. The molecule has 1 aliphatic rings. The van der Waals surface area contributed by atoms with E-state index in [4.69, 9.17) is 9.15 Å². The van der Waals surface area contributed by atoms with Crippen LogP contribution < -0.4 is 0 Å². The number of hydrogen-bond acceptors (Lipinski definition) is 7. The van der Waals surface area contributed by atoms with Crippen molar-refractivity contribution in [3.63, 3.8) is 0 Å². The van der Waals surface area contributed by atoms with Gasteiger partial charge in [0.15, 0.2) is 10.8 Å². The highest BCUT2D eigenvalue weighted by Crippen LogP contribution is 2.30. The van der Waals surface area contributed by atoms with Crippen LogP contribution in [0.2, 0.25) is 0 Å². The fourth-order valence-corrected chi connectivity index (χ4v) is 4.55. The minimum absolute atomic E-state index is 0.0625. The molecule has 0 unspecified atom stereocenters. The lowest BCUT2D eigenvalue weighted by molar-refractivity contribution is -0.145. The maximum atomic E-state index is 12.9. The van der Waals surface area contributed by atoms with Gasteiger partial charge in [-0.2, -0.15) is 0 Å². The minimum Gasteiger partial charge on any atom is -0.462 e. The van der Waals surface area contributed by atoms with E-state index in [1.165, 1.54) is 16.2 Å². The van der Waals surface area contributed by atoms with Crippen molar-refractivity contribution in [3.8, 4) is 10.8 Å². The Morgan fingerprint density at radius 2 is 1.78 bits per heavy atom. The average molecular weight is 446 g/mol. The summed E-state index contributed by atoms with van der Waals surface area (Å²) < 4.78 is 10.6. The summed E-state index contributed by atoms with van der Waals surface area (Å²) in [6, 6.07) is 14.4. The van der Waals surface area contributed by atoms with Gasteiger partial charge in [0.05, 0.1) is 12.0 Å². The number of furan rings is 1. The van der Waals surface area contributed by atoms with Crippen molar-refractivity contribution in [2.45, 2.75) is 19.4 Å². The Kier molecular flexibility index (Phi) is 5.28. The molecule has 1 aliphatic heterocycles. The minimum atomic E-state index is -0.406. The molecule has 0 aliphatic carbocycles. The number of benzene rings is 2. The zero-order chi connectivity index (χ0) is 22.1. The third kappa shape index (κ3) is 3.69. The molecular formula is C24H18N2O5S. The quantitative estimate of drug-likeness (QED) is 0.303. The van der Waals surface area contributed by atoms with E-state index < -0.39 is 5.97 Å². The van der Waals surface area contributed by atoms with Crippen LogP contribution in [0.1, 0.15) is 39.3 Å². The molecule has 0 radical (unpaired) electrons. The van der Waals surface area contributed by atoms with Gasteiger partial charge in [-0.25, -0.2) is 4.98 Å². The smallest absolute Gasteiger partial charge is 0.306 e. The van der Waals surface area contributed by atoms with Gasteiger partial charge in [0.1, 0.15) is 6.61 Å². The first-order valence-corrected chi connectivity index (χ1v) is 11.0. The normalized spacial score (nSPS) is 13.1. The summed E-state index contributed by atoms with van der Waals surface area (Å²) in [4.78, 5) is 43.5. The molecule has 0 spiro atoms. The van der Waals surface area contributed by atoms with Crippen LogP contribution in [-0.2, 0) is 16.1 Å². The Morgan fingerprint density at radius 3 is 2.47 bits per heavy atom. The number of imide groups is 1. The molecular weight excluding hydrogens is 428 g/mol. The Balaban J connectivity index is 1.17. The molecule has 2 aromatic heterocycles. The predicted molar refractivity (Wildman–Crippen MR) is 118 cm³/mol. The molecule has 0 N–H and O–H groups in total. The number of rotatable bonds is 7. The number of aromatic nitrogens is 1. The summed E-state index contributed by atoms with van der Waals surface area (Å²) in [6.45, 7) is 0.212. The van der Waals surface area contributed by atoms with Gasteiger partial charge < -0.3 is 9.15 Å². The Hall–Kier alpha value is -3.78. The van der Waals surface area contributed by atoms with Crippen LogP contribution in [0.5, 0.6) is 0 Å². The second-order valence-corrected chi connectivity index (χ2v) is 8.21. The van der Waals surface area contributed by atoms with Crippen molar-refractivity contribution in [2.75, 3.05) is 6.54 Å². The van der Waals surface area contributed by atoms with Gasteiger partial charge in [0, 0.05) is 34.9 Å². The van der Waals surface area contributed by atoms with Crippen LogP contribution in [-0.4, -0.2) is 34.2 Å². The van der Waals surface area contributed by atoms with Crippen LogP contribution in [0.4, 0.5) is 0 Å². The molecule has 4 aromatic rings. The predicted octanol–water partition coefficient (Wildman–Crippen LogP) is 4.68. The molecule has 0 saturated carbocycles. The number of thiazole rings is 1. The summed E-state index contributed by atoms with van der Waals surface area (Å²) >= 11 is 1.41. The van der Waals surface area contributed by atoms with Crippen LogP contribution in [0.3, 0.4) is 0 Å². The Labute approximate surface area is 187 Å². The van der Waals surface area contributed by atoms with Crippen molar-refractivity contribution in [3.05, 3.63) is 77.0 Å². The molecule has 7 nitrogen and oxygen atoms in total. The fraction of sp³-hybridized carbons (Fsp3) is 0.167. The number of carbonyl (C=O) groups is 3. The number of amides is 2. The number of carbonyl (C=O) groups excluding carboxylic acids is 3. The Bertz CT molecular complexity index is 1270. The lowest BCUT2D eigenvalue weighted by Crippen LogP contribution is -2.41. The third-order valence-corrected chi connectivity index (χ3v) is 6.19. The van der Waals surface area contributed by atoms with Crippen molar-refractivity contribution >= 4 is 39.9 Å². The number of hydrogen-bond donors (Lipinski definition) is 0. The fourth-order valence-electron chi connectivity index (χ4n) is 3.78. The van der Waals surface area contributed by atoms with Gasteiger partial charge in [-0.15, -0.1) is 11.3 Å². The standard InChI is InChI=1S/C24H18N2O5S/c27-20(31-13-16-14-32-22(25-16)19-9-4-12-30-19)10-3-11-26-23(28)17-7-1-5-15-6-2-8-18(21(15)17)24(26)29/h1-2,4-9,12,14H,3,10-11,13H2. The first kappa shape index (κ1) is 20.1. The zero-order valence-corrected chi connectivity index (χ0v) is 17.8. The summed E-state index contributed by atoms with van der Waals surface area (Å²) in [5, 5.41) is 4.09. The topological polar surface area (TPSA) is 89.7 Å². The summed E-state index contributed by atoms with van der Waals surface area (Å²) in [6.07, 6.45) is 1.99. The van der Waals surface area contributed by atoms with Gasteiger partial charge in [0.25, 0.3) is 11.8 Å². The van der Waals surface area contributed by atoms with Crippen LogP contribution >= 0.6 is 11.3 Å². The third-order valence-electron chi connectivity index (χ3n) is 5.28. The van der Waals surface area contributed by atoms with Crippen molar-refractivity contribution in [1.29, 1.82) is 0 Å². The molecule has 2 amide bonds. The molecule has 0 atom stereocenters. The lowest BCUT2D eigenvalue weighted by Gasteiger charge is -2.27. The largest absolute Gasteiger partial charge is 0.462 e. The molecule has 160 valence electrons. The van der Waals surface area contributed by atoms with E-state index in [1.54, 1.807) is 36.6 Å². The molecule has 8 heteroatoms. The number of esters is 1. The van der Waals surface area contributed by atoms with Crippen molar-refractivity contribution in [2.24, 2.45) is 0 Å². The van der Waals surface area contributed by atoms with E-state index in [2.05, 4.69) is 4.98 Å². The second-order valence-electron chi connectivity index (χ2n) is 7.36. The van der Waals surface area contributed by atoms with E-state index in [-0.39, 0.29) is 31.4 Å². The van der Waals surface area contributed by atoms with Gasteiger partial charge >= 0.3 is 5.97 Å². The average Bonchev–Trinajstić information content (AvgIpc) is 3.50. The van der Waals surface area contributed by atoms with Gasteiger partial charge in [-0.1, -0.05) is 24.3 Å². The monoisotopic (exact) mass is 446 g/mol. The summed E-state index contributed by atoms with van der Waals surface area (Å²) in [5.41, 5.74) is 1.66. The first-order valence-electron chi connectivity index (χ1n) is 10.1. The van der Waals surface area contributed by atoms with E-state index in [0.717, 1.165) is 10.4 Å². The van der Waals surface area contributed by atoms with Crippen molar-refractivity contribution in [1.82, 2.24) is 9.88 Å². The molecule has 0 bridgehead atoms. The maximum absolute atomic E-state index is 12.9. The highest BCUT2D eigenvalue weighted by atomic mass is 32.1. The molecule has 0 saturated heterocycles. The second kappa shape index (κ2) is 8.39. The van der Waals surface area contributed by atoms with Crippen LogP contribution in [0.25, 0.3) is 21.5 Å². The molecule has 32 heavy (non-hydrogen) atoms. The first-order chi connectivity index (χ1) is 15.6. The van der Waals surface area contributed by atoms with Crippen LogP contribution in [0.15, 0.2) is 64.6 Å². The molecule has 5 rings (SSSR count). The maximum Gasteiger partial charge on any atom is 0.306 e. The van der Waals surface area contributed by atoms with Gasteiger partial charge in [-0.3, -0.25) is 19.3 Å². The van der Waals surface area contributed by atoms with E-state index >= 15 is 0 Å². The van der Waals surface area contributed by atoms with E-state index in [1.807, 2.05) is 23.6 Å². The van der Waals surface area contributed by atoms with Gasteiger partial charge in [-0.05, 0) is 36.1 Å². The summed E-state index contributed by atoms with van der Waals surface area (Å²) in [5.74, 6) is -0.404. The molecule has 0 fully saturated rings. The highest BCUT2D eigenvalue weighted by Gasteiger charge is 2.32.